The topological polar surface area (TPSA) is 49.3 Å². The van der Waals surface area contributed by atoms with Crippen LogP contribution in [-0.4, -0.2) is 23.7 Å². The van der Waals surface area contributed by atoms with Crippen molar-refractivity contribution in [2.24, 2.45) is 5.41 Å². The average molecular weight is 259 g/mol. The summed E-state index contributed by atoms with van der Waals surface area (Å²) in [7, 11) is 0. The zero-order chi connectivity index (χ0) is 14.3. The van der Waals surface area contributed by atoms with Crippen LogP contribution in [0.4, 0.5) is 0 Å². The maximum Gasteiger partial charge on any atom is 0.296 e. The van der Waals surface area contributed by atoms with Crippen LogP contribution in [0.25, 0.3) is 0 Å². The summed E-state index contributed by atoms with van der Waals surface area (Å²) in [5.41, 5.74) is 0.849. The molecule has 0 fully saturated rings. The third-order valence-electron chi connectivity index (χ3n) is 2.51. The van der Waals surface area contributed by atoms with Crippen molar-refractivity contribution < 1.29 is 9.90 Å². The summed E-state index contributed by atoms with van der Waals surface area (Å²) in [4.78, 5) is 11.7. The van der Waals surface area contributed by atoms with E-state index in [1.807, 2.05) is 30.3 Å². The van der Waals surface area contributed by atoms with Gasteiger partial charge in [0.05, 0.1) is 12.6 Å². The van der Waals surface area contributed by atoms with Crippen LogP contribution in [0.15, 0.2) is 30.3 Å². The number of carbonyl (C=O) groups excluding carboxylic acids is 1. The van der Waals surface area contributed by atoms with Gasteiger partial charge in [-0.25, -0.2) is 0 Å². The van der Waals surface area contributed by atoms with E-state index in [2.05, 4.69) is 37.9 Å². The van der Waals surface area contributed by atoms with E-state index in [1.54, 1.807) is 0 Å². The first-order valence-corrected chi connectivity index (χ1v) is 6.39. The minimum absolute atomic E-state index is 0.0491. The fourth-order valence-electron chi connectivity index (χ4n) is 1.77. The van der Waals surface area contributed by atoms with Gasteiger partial charge in [0.25, 0.3) is 5.91 Å². The Morgan fingerprint density at radius 2 is 1.95 bits per heavy atom. The lowest BCUT2D eigenvalue weighted by atomic mass is 9.88. The second-order valence-electron chi connectivity index (χ2n) is 5.73. The molecule has 1 aromatic rings. The Balaban J connectivity index is 2.57. The summed E-state index contributed by atoms with van der Waals surface area (Å²) in [5, 5.41) is 12.0. The molecule has 2 N–H and O–H groups in total. The van der Waals surface area contributed by atoms with E-state index in [-0.39, 0.29) is 24.0 Å². The second-order valence-corrected chi connectivity index (χ2v) is 5.73. The Kier molecular flexibility index (Phi) is 5.59. The molecule has 1 atom stereocenters. The van der Waals surface area contributed by atoms with Crippen molar-refractivity contribution in [1.82, 2.24) is 5.32 Å². The van der Waals surface area contributed by atoms with Crippen molar-refractivity contribution in [3.8, 4) is 11.8 Å². The summed E-state index contributed by atoms with van der Waals surface area (Å²) >= 11 is 0. The van der Waals surface area contributed by atoms with Gasteiger partial charge in [0, 0.05) is 11.5 Å². The molecule has 19 heavy (non-hydrogen) atoms. The third kappa shape index (κ3) is 6.64. The Morgan fingerprint density at radius 1 is 1.32 bits per heavy atom. The highest BCUT2D eigenvalue weighted by atomic mass is 16.3. The monoisotopic (exact) mass is 259 g/mol. The lowest BCUT2D eigenvalue weighted by molar-refractivity contribution is -0.116. The van der Waals surface area contributed by atoms with E-state index in [9.17, 15) is 9.90 Å². The van der Waals surface area contributed by atoms with Crippen molar-refractivity contribution in [2.45, 2.75) is 33.2 Å². The summed E-state index contributed by atoms with van der Waals surface area (Å²) in [5.74, 6) is 4.98. The van der Waals surface area contributed by atoms with Gasteiger partial charge in [-0.3, -0.25) is 4.79 Å². The van der Waals surface area contributed by atoms with Gasteiger partial charge in [-0.2, -0.15) is 0 Å². The van der Waals surface area contributed by atoms with Gasteiger partial charge < -0.3 is 10.4 Å². The fourth-order valence-corrected chi connectivity index (χ4v) is 1.77. The van der Waals surface area contributed by atoms with E-state index in [0.717, 1.165) is 5.56 Å². The quantitative estimate of drug-likeness (QED) is 0.815. The minimum atomic E-state index is -0.354. The molecule has 0 radical (unpaired) electrons. The molecule has 0 heterocycles. The summed E-state index contributed by atoms with van der Waals surface area (Å²) in [6, 6.07) is 9.09. The molecule has 0 bridgehead atoms. The number of benzene rings is 1. The Morgan fingerprint density at radius 3 is 2.47 bits per heavy atom. The van der Waals surface area contributed by atoms with Gasteiger partial charge >= 0.3 is 0 Å². The molecule has 0 aromatic heterocycles. The van der Waals surface area contributed by atoms with Gasteiger partial charge in [-0.1, -0.05) is 44.9 Å². The first kappa shape index (κ1) is 15.3. The molecule has 0 spiro atoms. The Hall–Kier alpha value is -1.79. The zero-order valence-corrected chi connectivity index (χ0v) is 11.7. The van der Waals surface area contributed by atoms with E-state index < -0.39 is 0 Å². The minimum Gasteiger partial charge on any atom is -0.394 e. The number of carbonyl (C=O) groups is 1. The molecule has 1 rings (SSSR count). The number of nitrogens with one attached hydrogen (secondary N) is 1. The summed E-state index contributed by atoms with van der Waals surface area (Å²) in [6.07, 6.45) is 0.711. The van der Waals surface area contributed by atoms with E-state index in [0.29, 0.717) is 6.42 Å². The van der Waals surface area contributed by atoms with Gasteiger partial charge in [0.2, 0.25) is 0 Å². The lowest BCUT2D eigenvalue weighted by Gasteiger charge is -2.24. The summed E-state index contributed by atoms with van der Waals surface area (Å²) < 4.78 is 0. The zero-order valence-electron chi connectivity index (χ0n) is 11.7. The van der Waals surface area contributed by atoms with Crippen molar-refractivity contribution in [3.63, 3.8) is 0 Å². The number of aliphatic hydroxyl groups is 1. The normalized spacial score (nSPS) is 12.2. The predicted molar refractivity (Wildman–Crippen MR) is 76.4 cm³/mol. The number of aliphatic hydroxyl groups excluding tert-OH is 1. The Labute approximate surface area is 115 Å². The molecule has 1 amide bonds. The van der Waals surface area contributed by atoms with Crippen LogP contribution in [0.5, 0.6) is 0 Å². The van der Waals surface area contributed by atoms with E-state index in [4.69, 9.17) is 0 Å². The molecular formula is C16H21NO2. The molecule has 1 unspecified atom stereocenters. The number of rotatable bonds is 3. The molecule has 0 aliphatic heterocycles. The predicted octanol–water partition coefficient (Wildman–Crippen LogP) is 1.95. The molecule has 0 saturated carbocycles. The van der Waals surface area contributed by atoms with E-state index in [1.165, 1.54) is 0 Å². The molecule has 0 aliphatic rings. The third-order valence-corrected chi connectivity index (χ3v) is 2.51. The highest BCUT2D eigenvalue weighted by Crippen LogP contribution is 2.20. The van der Waals surface area contributed by atoms with Crippen LogP contribution in [0, 0.1) is 17.3 Å². The van der Waals surface area contributed by atoms with Crippen LogP contribution in [-0.2, 0) is 4.79 Å². The lowest BCUT2D eigenvalue weighted by Crippen LogP contribution is -2.39. The van der Waals surface area contributed by atoms with Crippen LogP contribution in [0.2, 0.25) is 0 Å². The first-order valence-electron chi connectivity index (χ1n) is 6.39. The highest BCUT2D eigenvalue weighted by molar-refractivity contribution is 5.94. The molecule has 0 saturated heterocycles. The molecule has 3 nitrogen and oxygen atoms in total. The molecule has 102 valence electrons. The van der Waals surface area contributed by atoms with Crippen LogP contribution < -0.4 is 5.32 Å². The second kappa shape index (κ2) is 6.96. The standard InChI is InChI=1S/C16H21NO2/c1-16(2,3)11-14(12-18)17-15(19)10-9-13-7-5-4-6-8-13/h4-8,14,18H,11-12H2,1-3H3,(H,17,19). The maximum absolute atomic E-state index is 11.7. The molecule has 3 heteroatoms. The van der Waals surface area contributed by atoms with Crippen molar-refractivity contribution in [3.05, 3.63) is 35.9 Å². The summed E-state index contributed by atoms with van der Waals surface area (Å²) in [6.45, 7) is 6.13. The van der Waals surface area contributed by atoms with Crippen LogP contribution in [0.1, 0.15) is 32.8 Å². The number of hydrogen-bond donors (Lipinski definition) is 2. The van der Waals surface area contributed by atoms with Gasteiger partial charge in [0.1, 0.15) is 0 Å². The molecule has 0 aliphatic carbocycles. The largest absolute Gasteiger partial charge is 0.394 e. The SMILES string of the molecule is CC(C)(C)CC(CO)NC(=O)C#Cc1ccccc1. The van der Waals surface area contributed by atoms with Crippen LogP contribution in [0.3, 0.4) is 0 Å². The van der Waals surface area contributed by atoms with Crippen molar-refractivity contribution >= 4 is 5.91 Å². The molecular weight excluding hydrogens is 238 g/mol. The van der Waals surface area contributed by atoms with Crippen molar-refractivity contribution in [2.75, 3.05) is 6.61 Å². The van der Waals surface area contributed by atoms with Gasteiger partial charge in [-0.05, 0) is 24.0 Å². The average Bonchev–Trinajstić information content (AvgIpc) is 2.35. The van der Waals surface area contributed by atoms with Gasteiger partial charge in [0.15, 0.2) is 0 Å². The Bertz CT molecular complexity index is 463. The highest BCUT2D eigenvalue weighted by Gasteiger charge is 2.19. The van der Waals surface area contributed by atoms with Crippen LogP contribution >= 0.6 is 0 Å². The first-order chi connectivity index (χ1) is 8.90. The fraction of sp³-hybridized carbons (Fsp3) is 0.438. The smallest absolute Gasteiger partial charge is 0.296 e. The van der Waals surface area contributed by atoms with E-state index >= 15 is 0 Å². The number of hydrogen-bond acceptors (Lipinski definition) is 2. The maximum atomic E-state index is 11.7. The van der Waals surface area contributed by atoms with Gasteiger partial charge in [-0.15, -0.1) is 0 Å². The van der Waals surface area contributed by atoms with Crippen molar-refractivity contribution in [1.29, 1.82) is 0 Å². The number of amides is 1. The molecule has 1 aromatic carbocycles.